The Morgan fingerprint density at radius 3 is 2.50 bits per heavy atom. The van der Waals surface area contributed by atoms with E-state index in [1.165, 1.54) is 0 Å². The molecule has 1 N–H and O–H groups in total. The van der Waals surface area contributed by atoms with Crippen molar-refractivity contribution in [1.29, 1.82) is 0 Å². The van der Waals surface area contributed by atoms with Gasteiger partial charge in [-0.1, -0.05) is 44.0 Å². The van der Waals surface area contributed by atoms with E-state index in [0.717, 1.165) is 23.2 Å². The lowest BCUT2D eigenvalue weighted by Gasteiger charge is -2.45. The fourth-order valence-corrected chi connectivity index (χ4v) is 3.40. The zero-order chi connectivity index (χ0) is 15.1. The molecule has 1 heterocycles. The van der Waals surface area contributed by atoms with Crippen molar-refractivity contribution in [2.45, 2.75) is 39.8 Å². The van der Waals surface area contributed by atoms with E-state index in [1.807, 2.05) is 12.1 Å². The first-order valence-electron chi connectivity index (χ1n) is 6.85. The van der Waals surface area contributed by atoms with E-state index in [0.29, 0.717) is 22.1 Å². The van der Waals surface area contributed by atoms with Crippen LogP contribution in [-0.4, -0.2) is 25.2 Å². The van der Waals surface area contributed by atoms with Crippen LogP contribution in [0, 0.1) is 5.41 Å². The number of nitrogens with one attached hydrogen (secondary N) is 1. The van der Waals surface area contributed by atoms with Crippen LogP contribution < -0.4 is 10.2 Å². The van der Waals surface area contributed by atoms with E-state index < -0.39 is 0 Å². The highest BCUT2D eigenvalue weighted by atomic mass is 79.9. The second kappa shape index (κ2) is 6.04. The molecule has 2 nitrogen and oxygen atoms in total. The van der Waals surface area contributed by atoms with Crippen molar-refractivity contribution in [1.82, 2.24) is 5.32 Å². The molecule has 2 rings (SSSR count). The molecule has 0 bridgehead atoms. The van der Waals surface area contributed by atoms with Crippen molar-refractivity contribution in [2.75, 3.05) is 18.0 Å². The molecule has 1 aromatic carbocycles. The number of hydrogen-bond acceptors (Lipinski definition) is 2. The molecule has 1 aliphatic rings. The number of nitrogens with zero attached hydrogens (tertiary/aromatic N) is 1. The van der Waals surface area contributed by atoms with Crippen LogP contribution in [0.25, 0.3) is 0 Å². The highest BCUT2D eigenvalue weighted by Crippen LogP contribution is 2.39. The standard InChI is InChI=1S/C15H21BrCl2N2/c1-9-7-19-12(15(2,3)4)8-20(9)11-6-5-10(16)13(17)14(11)18/h5-6,9,12,19H,7-8H2,1-4H3. The molecule has 0 spiro atoms. The third-order valence-corrected chi connectivity index (χ3v) is 5.70. The quantitative estimate of drug-likeness (QED) is 0.693. The topological polar surface area (TPSA) is 15.3 Å². The number of rotatable bonds is 1. The van der Waals surface area contributed by atoms with Gasteiger partial charge in [-0.15, -0.1) is 0 Å². The molecule has 2 unspecified atom stereocenters. The van der Waals surface area contributed by atoms with Gasteiger partial charge in [0.05, 0.1) is 15.7 Å². The van der Waals surface area contributed by atoms with Gasteiger partial charge in [0.25, 0.3) is 0 Å². The van der Waals surface area contributed by atoms with Crippen LogP contribution in [0.4, 0.5) is 5.69 Å². The number of halogens is 3. The highest BCUT2D eigenvalue weighted by Gasteiger charge is 2.33. The molecular formula is C15H21BrCl2N2. The normalized spacial score (nSPS) is 24.1. The molecule has 0 aromatic heterocycles. The molecular weight excluding hydrogens is 359 g/mol. The van der Waals surface area contributed by atoms with Crippen molar-refractivity contribution >= 4 is 44.8 Å². The summed E-state index contributed by atoms with van der Waals surface area (Å²) in [4.78, 5) is 2.35. The van der Waals surface area contributed by atoms with E-state index >= 15 is 0 Å². The molecule has 20 heavy (non-hydrogen) atoms. The summed E-state index contributed by atoms with van der Waals surface area (Å²) < 4.78 is 0.836. The summed E-state index contributed by atoms with van der Waals surface area (Å²) in [6.45, 7) is 10.9. The fourth-order valence-electron chi connectivity index (χ4n) is 2.52. The predicted octanol–water partition coefficient (Wildman–Crippen LogP) is 4.97. The van der Waals surface area contributed by atoms with Crippen LogP contribution in [0.3, 0.4) is 0 Å². The third-order valence-electron chi connectivity index (χ3n) is 3.94. The number of hydrogen-bond donors (Lipinski definition) is 1. The predicted molar refractivity (Wildman–Crippen MR) is 92.2 cm³/mol. The molecule has 1 aliphatic heterocycles. The Kier molecular flexibility index (Phi) is 4.95. The molecule has 0 saturated carbocycles. The minimum absolute atomic E-state index is 0.212. The Labute approximate surface area is 139 Å². The number of benzene rings is 1. The van der Waals surface area contributed by atoms with E-state index in [1.54, 1.807) is 0 Å². The second-order valence-corrected chi connectivity index (χ2v) is 8.13. The maximum atomic E-state index is 6.44. The van der Waals surface area contributed by atoms with Crippen molar-refractivity contribution < 1.29 is 0 Å². The van der Waals surface area contributed by atoms with Gasteiger partial charge in [0.1, 0.15) is 0 Å². The summed E-state index contributed by atoms with van der Waals surface area (Å²) >= 11 is 16.1. The van der Waals surface area contributed by atoms with Crippen molar-refractivity contribution in [3.8, 4) is 0 Å². The first-order chi connectivity index (χ1) is 9.21. The monoisotopic (exact) mass is 378 g/mol. The van der Waals surface area contributed by atoms with Crippen molar-refractivity contribution in [2.24, 2.45) is 5.41 Å². The lowest BCUT2D eigenvalue weighted by atomic mass is 9.84. The maximum Gasteiger partial charge on any atom is 0.0837 e. The summed E-state index contributed by atoms with van der Waals surface area (Å²) in [6.07, 6.45) is 0. The van der Waals surface area contributed by atoms with Crippen LogP contribution >= 0.6 is 39.1 Å². The Morgan fingerprint density at radius 1 is 1.25 bits per heavy atom. The second-order valence-electron chi connectivity index (χ2n) is 6.52. The fraction of sp³-hybridized carbons (Fsp3) is 0.600. The highest BCUT2D eigenvalue weighted by molar-refractivity contribution is 9.10. The summed E-state index contributed by atoms with van der Waals surface area (Å²) in [6, 6.07) is 4.82. The third kappa shape index (κ3) is 3.27. The van der Waals surface area contributed by atoms with Gasteiger partial charge in [0, 0.05) is 29.6 Å². The molecule has 1 aromatic rings. The van der Waals surface area contributed by atoms with Crippen LogP contribution in [0.1, 0.15) is 27.7 Å². The van der Waals surface area contributed by atoms with E-state index in [2.05, 4.69) is 53.8 Å². The number of anilines is 1. The van der Waals surface area contributed by atoms with Crippen molar-refractivity contribution in [3.63, 3.8) is 0 Å². The van der Waals surface area contributed by atoms with Crippen LogP contribution in [-0.2, 0) is 0 Å². The van der Waals surface area contributed by atoms with Gasteiger partial charge >= 0.3 is 0 Å². The summed E-state index contributed by atoms with van der Waals surface area (Å²) in [5, 5.41) is 4.84. The van der Waals surface area contributed by atoms with Crippen LogP contribution in [0.2, 0.25) is 10.0 Å². The zero-order valence-electron chi connectivity index (χ0n) is 12.3. The summed E-state index contributed by atoms with van der Waals surface area (Å²) in [7, 11) is 0. The molecule has 1 fully saturated rings. The first-order valence-corrected chi connectivity index (χ1v) is 8.40. The number of piperazine rings is 1. The lowest BCUT2D eigenvalue weighted by Crippen LogP contribution is -2.59. The molecule has 2 atom stereocenters. The average Bonchev–Trinajstić information content (AvgIpc) is 2.36. The van der Waals surface area contributed by atoms with Crippen molar-refractivity contribution in [3.05, 3.63) is 26.7 Å². The molecule has 0 aliphatic carbocycles. The van der Waals surface area contributed by atoms with E-state index in [9.17, 15) is 0 Å². The van der Waals surface area contributed by atoms with Gasteiger partial charge in [0.15, 0.2) is 0 Å². The van der Waals surface area contributed by atoms with Gasteiger partial charge < -0.3 is 10.2 Å². The SMILES string of the molecule is CC1CNC(C(C)(C)C)CN1c1ccc(Br)c(Cl)c1Cl. The molecule has 112 valence electrons. The van der Waals surface area contributed by atoms with Gasteiger partial charge in [0.2, 0.25) is 0 Å². The summed E-state index contributed by atoms with van der Waals surface area (Å²) in [5.74, 6) is 0. The van der Waals surface area contributed by atoms with Gasteiger partial charge in [-0.2, -0.15) is 0 Å². The molecule has 5 heteroatoms. The molecule has 1 saturated heterocycles. The molecule has 0 amide bonds. The molecule has 0 radical (unpaired) electrons. The first kappa shape index (κ1) is 16.4. The Hall–Kier alpha value is 0.0400. The Bertz CT molecular complexity index is 499. The average molecular weight is 380 g/mol. The smallest absolute Gasteiger partial charge is 0.0837 e. The van der Waals surface area contributed by atoms with Crippen LogP contribution in [0.15, 0.2) is 16.6 Å². The van der Waals surface area contributed by atoms with E-state index in [-0.39, 0.29) is 5.41 Å². The van der Waals surface area contributed by atoms with Gasteiger partial charge in [-0.25, -0.2) is 0 Å². The van der Waals surface area contributed by atoms with Gasteiger partial charge in [-0.3, -0.25) is 0 Å². The largest absolute Gasteiger partial charge is 0.365 e. The Morgan fingerprint density at radius 2 is 1.90 bits per heavy atom. The van der Waals surface area contributed by atoms with Gasteiger partial charge in [-0.05, 0) is 40.4 Å². The maximum absolute atomic E-state index is 6.44. The Balaban J connectivity index is 2.33. The summed E-state index contributed by atoms with van der Waals surface area (Å²) in [5.41, 5.74) is 1.23. The minimum Gasteiger partial charge on any atom is -0.365 e. The zero-order valence-corrected chi connectivity index (χ0v) is 15.4. The minimum atomic E-state index is 0.212. The van der Waals surface area contributed by atoms with Crippen LogP contribution in [0.5, 0.6) is 0 Å². The lowest BCUT2D eigenvalue weighted by molar-refractivity contribution is 0.239. The van der Waals surface area contributed by atoms with E-state index in [4.69, 9.17) is 23.2 Å².